The molecule has 12 heteroatoms. The van der Waals surface area contributed by atoms with E-state index in [0.29, 0.717) is 59.5 Å². The highest BCUT2D eigenvalue weighted by Crippen LogP contribution is 2.18. The molecule has 0 aliphatic rings. The SMILES string of the molecule is CCO[Si](OCC)(OCC)c1ccc([Si](OCC)(OCC)OCC)c([Si](OCC)(OCC)OCC)c1. The van der Waals surface area contributed by atoms with E-state index >= 15 is 0 Å². The minimum atomic E-state index is -3.44. The van der Waals surface area contributed by atoms with Gasteiger partial charge in [-0.25, -0.2) is 0 Å². The minimum Gasteiger partial charge on any atom is -0.370 e. The third-order valence-electron chi connectivity index (χ3n) is 5.04. The lowest BCUT2D eigenvalue weighted by atomic mass is 10.3. The highest BCUT2D eigenvalue weighted by Gasteiger charge is 2.55. The molecule has 0 bridgehead atoms. The van der Waals surface area contributed by atoms with Crippen LogP contribution in [-0.2, 0) is 39.8 Å². The highest BCUT2D eigenvalue weighted by molar-refractivity contribution is 6.87. The third kappa shape index (κ3) is 8.01. The second-order valence-electron chi connectivity index (χ2n) is 7.33. The fraction of sp³-hybridized carbons (Fsp3) is 0.750. The maximum Gasteiger partial charge on any atom is 0.537 e. The first-order valence-electron chi connectivity index (χ1n) is 13.3. The zero-order valence-corrected chi connectivity index (χ0v) is 26.8. The summed E-state index contributed by atoms with van der Waals surface area (Å²) < 4.78 is 56.6. The first-order valence-corrected chi connectivity index (χ1v) is 18.5. The van der Waals surface area contributed by atoms with Crippen LogP contribution >= 0.6 is 0 Å². The molecular formula is C24H48O9Si3. The van der Waals surface area contributed by atoms with Gasteiger partial charge in [0.1, 0.15) is 0 Å². The van der Waals surface area contributed by atoms with Crippen LogP contribution in [0.5, 0.6) is 0 Å². The van der Waals surface area contributed by atoms with Crippen molar-refractivity contribution in [2.45, 2.75) is 62.3 Å². The Morgan fingerprint density at radius 1 is 0.389 bits per heavy atom. The van der Waals surface area contributed by atoms with Crippen molar-refractivity contribution in [1.29, 1.82) is 0 Å². The van der Waals surface area contributed by atoms with Crippen molar-refractivity contribution in [3.8, 4) is 0 Å². The minimum absolute atomic E-state index is 0.410. The molecule has 1 aromatic carbocycles. The monoisotopic (exact) mass is 564 g/mol. The van der Waals surface area contributed by atoms with Crippen LogP contribution in [0, 0.1) is 0 Å². The maximum absolute atomic E-state index is 6.36. The van der Waals surface area contributed by atoms with Crippen molar-refractivity contribution in [3.63, 3.8) is 0 Å². The maximum atomic E-state index is 6.36. The Hall–Kier alpha value is -0.489. The Labute approximate surface area is 221 Å². The summed E-state index contributed by atoms with van der Waals surface area (Å²) in [6.07, 6.45) is 0. The van der Waals surface area contributed by atoms with Crippen molar-refractivity contribution < 1.29 is 39.8 Å². The predicted octanol–water partition coefficient (Wildman–Crippen LogP) is 2.45. The molecule has 210 valence electrons. The quantitative estimate of drug-likeness (QED) is 0.209. The van der Waals surface area contributed by atoms with E-state index in [2.05, 4.69) is 0 Å². The molecule has 0 aromatic heterocycles. The lowest BCUT2D eigenvalue weighted by Crippen LogP contribution is -2.71. The lowest BCUT2D eigenvalue weighted by Gasteiger charge is -2.36. The van der Waals surface area contributed by atoms with Crippen LogP contribution in [0.1, 0.15) is 62.3 Å². The van der Waals surface area contributed by atoms with E-state index in [1.807, 2.05) is 80.5 Å². The largest absolute Gasteiger partial charge is 0.537 e. The fourth-order valence-electron chi connectivity index (χ4n) is 4.06. The Morgan fingerprint density at radius 3 is 0.972 bits per heavy atom. The molecule has 0 heterocycles. The van der Waals surface area contributed by atoms with E-state index < -0.39 is 26.4 Å². The average molecular weight is 565 g/mol. The summed E-state index contributed by atoms with van der Waals surface area (Å²) in [7, 11) is -10.0. The van der Waals surface area contributed by atoms with Gasteiger partial charge in [-0.05, 0) is 68.4 Å². The molecular weight excluding hydrogens is 517 g/mol. The van der Waals surface area contributed by atoms with E-state index in [9.17, 15) is 0 Å². The molecule has 1 rings (SSSR count). The Kier molecular flexibility index (Phi) is 16.0. The van der Waals surface area contributed by atoms with Crippen molar-refractivity contribution in [2.24, 2.45) is 0 Å². The van der Waals surface area contributed by atoms with Crippen LogP contribution in [0.25, 0.3) is 0 Å². The average Bonchev–Trinajstić information content (AvgIpc) is 2.85. The van der Waals surface area contributed by atoms with Crippen molar-refractivity contribution in [1.82, 2.24) is 0 Å². The van der Waals surface area contributed by atoms with E-state index in [4.69, 9.17) is 39.8 Å². The molecule has 0 saturated heterocycles. The molecule has 0 unspecified atom stereocenters. The van der Waals surface area contributed by atoms with Crippen LogP contribution in [0.15, 0.2) is 18.2 Å². The zero-order chi connectivity index (χ0) is 27.1. The van der Waals surface area contributed by atoms with Gasteiger partial charge in [0.2, 0.25) is 0 Å². The molecule has 0 N–H and O–H groups in total. The van der Waals surface area contributed by atoms with Gasteiger partial charge in [-0.2, -0.15) is 0 Å². The van der Waals surface area contributed by atoms with Gasteiger partial charge >= 0.3 is 26.4 Å². The highest BCUT2D eigenvalue weighted by atomic mass is 28.4. The Bertz CT molecular complexity index is 688. The van der Waals surface area contributed by atoms with Gasteiger partial charge in [-0.1, -0.05) is 12.1 Å². The summed E-state index contributed by atoms with van der Waals surface area (Å²) in [4.78, 5) is 0. The van der Waals surface area contributed by atoms with Gasteiger partial charge in [0.05, 0.1) is 0 Å². The molecule has 0 fully saturated rings. The molecule has 0 aliphatic carbocycles. The summed E-state index contributed by atoms with van der Waals surface area (Å²) in [5, 5.41) is 2.31. The first kappa shape index (κ1) is 33.5. The summed E-state index contributed by atoms with van der Waals surface area (Å²) >= 11 is 0. The zero-order valence-electron chi connectivity index (χ0n) is 23.8. The number of benzene rings is 1. The standard InChI is InChI=1S/C24H48O9Si3/c1-10-25-34(26-11-2,27-12-3)22-19-20-23(35(28-13-4,29-14-5)30-15-6)24(21-22)36(31-16-7,32-17-8)33-18-9/h19-21H,10-18H2,1-9H3. The first-order chi connectivity index (χ1) is 17.4. The smallest absolute Gasteiger partial charge is 0.370 e. The second kappa shape index (κ2) is 17.2. The predicted molar refractivity (Wildman–Crippen MR) is 147 cm³/mol. The van der Waals surface area contributed by atoms with Crippen LogP contribution in [0.2, 0.25) is 0 Å². The molecule has 0 aliphatic heterocycles. The van der Waals surface area contributed by atoms with Crippen molar-refractivity contribution in [3.05, 3.63) is 18.2 Å². The van der Waals surface area contributed by atoms with E-state index in [1.165, 1.54) is 0 Å². The molecule has 0 amide bonds. The molecule has 36 heavy (non-hydrogen) atoms. The lowest BCUT2D eigenvalue weighted by molar-refractivity contribution is 0.0803. The van der Waals surface area contributed by atoms with E-state index in [1.54, 1.807) is 0 Å². The summed E-state index contributed by atoms with van der Waals surface area (Å²) in [6.45, 7) is 21.3. The molecule has 9 nitrogen and oxygen atoms in total. The Morgan fingerprint density at radius 2 is 0.667 bits per heavy atom. The van der Waals surface area contributed by atoms with Gasteiger partial charge in [0, 0.05) is 75.0 Å². The topological polar surface area (TPSA) is 83.1 Å². The second-order valence-corrected chi connectivity index (χ2v) is 14.9. The summed E-state index contributed by atoms with van der Waals surface area (Å²) in [5.74, 6) is 0. The van der Waals surface area contributed by atoms with Gasteiger partial charge in [0.15, 0.2) is 0 Å². The van der Waals surface area contributed by atoms with E-state index in [0.717, 1.165) is 15.6 Å². The van der Waals surface area contributed by atoms with Crippen LogP contribution in [0.3, 0.4) is 0 Å². The molecule has 0 radical (unpaired) electrons. The van der Waals surface area contributed by atoms with Crippen molar-refractivity contribution in [2.75, 3.05) is 59.5 Å². The summed E-state index contributed by atoms with van der Waals surface area (Å²) in [5.41, 5.74) is 0. The van der Waals surface area contributed by atoms with Gasteiger partial charge < -0.3 is 39.8 Å². The van der Waals surface area contributed by atoms with Gasteiger partial charge in [-0.15, -0.1) is 0 Å². The normalized spacial score (nSPS) is 12.9. The van der Waals surface area contributed by atoms with Gasteiger partial charge in [-0.3, -0.25) is 0 Å². The summed E-state index contributed by atoms with van der Waals surface area (Å²) in [6, 6.07) is 5.93. The number of hydrogen-bond acceptors (Lipinski definition) is 9. The Balaban J connectivity index is 4.12. The third-order valence-corrected chi connectivity index (χ3v) is 14.5. The van der Waals surface area contributed by atoms with Crippen LogP contribution in [0.4, 0.5) is 0 Å². The fourth-order valence-corrected chi connectivity index (χ4v) is 12.8. The van der Waals surface area contributed by atoms with Gasteiger partial charge in [0.25, 0.3) is 0 Å². The number of rotatable bonds is 21. The molecule has 0 saturated carbocycles. The van der Waals surface area contributed by atoms with Crippen LogP contribution < -0.4 is 15.6 Å². The molecule has 1 aromatic rings. The number of hydrogen-bond donors (Lipinski definition) is 0. The van der Waals surface area contributed by atoms with Crippen LogP contribution in [-0.4, -0.2) is 85.9 Å². The molecule has 0 spiro atoms. The van der Waals surface area contributed by atoms with Crippen molar-refractivity contribution >= 4 is 42.0 Å². The van der Waals surface area contributed by atoms with E-state index in [-0.39, 0.29) is 0 Å². The molecule has 0 atom stereocenters.